The zero-order valence-corrected chi connectivity index (χ0v) is 18.1. The number of hydrogen-bond donors (Lipinski definition) is 2. The van der Waals surface area contributed by atoms with E-state index >= 15 is 0 Å². The number of nitrogens with zero attached hydrogens (tertiary/aromatic N) is 3. The Bertz CT molecular complexity index is 796. The van der Waals surface area contributed by atoms with Crippen LogP contribution in [0.4, 0.5) is 8.78 Å². The fourth-order valence-corrected chi connectivity index (χ4v) is 4.09. The highest BCUT2D eigenvalue weighted by molar-refractivity contribution is 7.88. The molecule has 10 heteroatoms. The molecule has 1 saturated heterocycles. The van der Waals surface area contributed by atoms with Gasteiger partial charge in [-0.3, -0.25) is 9.89 Å². The maximum absolute atomic E-state index is 14.2. The summed E-state index contributed by atoms with van der Waals surface area (Å²) in [5, 5.41) is 3.25. The molecule has 2 N–H and O–H groups in total. The Hall–Kier alpha value is -1.78. The van der Waals surface area contributed by atoms with Crippen LogP contribution in [0.2, 0.25) is 0 Å². The van der Waals surface area contributed by atoms with Crippen LogP contribution < -0.4 is 10.0 Å². The second-order valence-corrected chi connectivity index (χ2v) is 8.94. The van der Waals surface area contributed by atoms with Crippen LogP contribution in [0.25, 0.3) is 0 Å². The minimum Gasteiger partial charge on any atom is -0.356 e. The van der Waals surface area contributed by atoms with E-state index in [0.717, 1.165) is 50.9 Å². The van der Waals surface area contributed by atoms with Gasteiger partial charge < -0.3 is 10.2 Å². The molecule has 1 aromatic rings. The van der Waals surface area contributed by atoms with E-state index in [0.29, 0.717) is 25.1 Å². The molecule has 0 saturated carbocycles. The summed E-state index contributed by atoms with van der Waals surface area (Å²) in [7, 11) is -1.45. The van der Waals surface area contributed by atoms with E-state index < -0.39 is 21.7 Å². The maximum atomic E-state index is 14.2. The number of benzene rings is 1. The summed E-state index contributed by atoms with van der Waals surface area (Å²) in [6.45, 7) is 5.94. The molecule has 1 fully saturated rings. The molecule has 0 radical (unpaired) electrons. The Morgan fingerprint density at radius 3 is 2.45 bits per heavy atom. The third-order valence-corrected chi connectivity index (χ3v) is 5.70. The highest BCUT2D eigenvalue weighted by Crippen LogP contribution is 2.28. The fraction of sp³-hybridized carbons (Fsp3) is 0.632. The van der Waals surface area contributed by atoms with E-state index in [2.05, 4.69) is 24.8 Å². The minimum atomic E-state index is -3.17. The Labute approximate surface area is 172 Å². The topological polar surface area (TPSA) is 77.0 Å². The van der Waals surface area contributed by atoms with Crippen molar-refractivity contribution in [2.75, 3.05) is 52.6 Å². The molecule has 164 valence electrons. The van der Waals surface area contributed by atoms with Gasteiger partial charge >= 0.3 is 0 Å². The summed E-state index contributed by atoms with van der Waals surface area (Å²) in [6, 6.07) is 3.70. The molecule has 1 aliphatic heterocycles. The van der Waals surface area contributed by atoms with E-state index in [4.69, 9.17) is 0 Å². The van der Waals surface area contributed by atoms with E-state index in [-0.39, 0.29) is 6.04 Å². The lowest BCUT2D eigenvalue weighted by molar-refractivity contribution is 0.124. The SMILES string of the molecule is CCC(c1ccc(F)cc1F)N1CCN(C(=NC)NCCCNS(C)(=O)=O)CC1. The van der Waals surface area contributed by atoms with Crippen molar-refractivity contribution < 1.29 is 17.2 Å². The monoisotopic (exact) mass is 431 g/mol. The van der Waals surface area contributed by atoms with Gasteiger partial charge in [0.25, 0.3) is 0 Å². The maximum Gasteiger partial charge on any atom is 0.208 e. The van der Waals surface area contributed by atoms with Crippen LogP contribution in [0.3, 0.4) is 0 Å². The summed E-state index contributed by atoms with van der Waals surface area (Å²) < 4.78 is 52.1. The van der Waals surface area contributed by atoms with Gasteiger partial charge in [0, 0.05) is 64.0 Å². The largest absolute Gasteiger partial charge is 0.356 e. The minimum absolute atomic E-state index is 0.0882. The number of nitrogens with one attached hydrogen (secondary N) is 2. The van der Waals surface area contributed by atoms with Gasteiger partial charge in [0.05, 0.1) is 6.26 Å². The van der Waals surface area contributed by atoms with Gasteiger partial charge in [0.1, 0.15) is 11.6 Å². The normalized spacial score (nSPS) is 17.4. The molecule has 7 nitrogen and oxygen atoms in total. The first kappa shape index (κ1) is 23.5. The van der Waals surface area contributed by atoms with Crippen molar-refractivity contribution >= 4 is 16.0 Å². The number of aliphatic imine (C=N–C) groups is 1. The predicted octanol–water partition coefficient (Wildman–Crippen LogP) is 1.55. The number of sulfonamides is 1. The number of piperazine rings is 1. The Kier molecular flexibility index (Phi) is 8.79. The van der Waals surface area contributed by atoms with E-state index in [1.807, 2.05) is 6.92 Å². The van der Waals surface area contributed by atoms with Crippen molar-refractivity contribution in [3.8, 4) is 0 Å². The lowest BCUT2D eigenvalue weighted by Crippen LogP contribution is -2.53. The van der Waals surface area contributed by atoms with Crippen molar-refractivity contribution in [3.63, 3.8) is 0 Å². The highest BCUT2D eigenvalue weighted by atomic mass is 32.2. The first-order valence-corrected chi connectivity index (χ1v) is 11.7. The molecular weight excluding hydrogens is 400 g/mol. The molecule has 0 aromatic heterocycles. The molecule has 1 heterocycles. The van der Waals surface area contributed by atoms with Crippen LogP contribution in [-0.4, -0.2) is 76.7 Å². The zero-order chi connectivity index (χ0) is 21.4. The van der Waals surface area contributed by atoms with Gasteiger partial charge in [-0.15, -0.1) is 0 Å². The number of guanidine groups is 1. The average molecular weight is 432 g/mol. The second kappa shape index (κ2) is 10.8. The van der Waals surface area contributed by atoms with Crippen LogP contribution >= 0.6 is 0 Å². The predicted molar refractivity (Wildman–Crippen MR) is 111 cm³/mol. The Morgan fingerprint density at radius 1 is 1.21 bits per heavy atom. The van der Waals surface area contributed by atoms with Crippen LogP contribution in [0.1, 0.15) is 31.4 Å². The Morgan fingerprint density at radius 2 is 1.90 bits per heavy atom. The van der Waals surface area contributed by atoms with Gasteiger partial charge in [-0.05, 0) is 18.9 Å². The first-order chi connectivity index (χ1) is 13.7. The van der Waals surface area contributed by atoms with E-state index in [1.54, 1.807) is 7.05 Å². The van der Waals surface area contributed by atoms with Gasteiger partial charge in [-0.25, -0.2) is 21.9 Å². The molecule has 29 heavy (non-hydrogen) atoms. The van der Waals surface area contributed by atoms with Crippen LogP contribution in [0.15, 0.2) is 23.2 Å². The molecular formula is C19H31F2N5O2S. The van der Waals surface area contributed by atoms with Crippen molar-refractivity contribution in [2.24, 2.45) is 4.99 Å². The van der Waals surface area contributed by atoms with Crippen LogP contribution in [-0.2, 0) is 10.0 Å². The van der Waals surface area contributed by atoms with Crippen molar-refractivity contribution in [1.82, 2.24) is 19.8 Å². The third-order valence-electron chi connectivity index (χ3n) is 4.98. The zero-order valence-electron chi connectivity index (χ0n) is 17.3. The fourth-order valence-electron chi connectivity index (χ4n) is 3.57. The summed E-state index contributed by atoms with van der Waals surface area (Å²) >= 11 is 0. The van der Waals surface area contributed by atoms with Crippen LogP contribution in [0, 0.1) is 11.6 Å². The molecule has 0 bridgehead atoms. The van der Waals surface area contributed by atoms with Gasteiger partial charge in [0.15, 0.2) is 5.96 Å². The molecule has 0 aliphatic carbocycles. The molecule has 1 aromatic carbocycles. The lowest BCUT2D eigenvalue weighted by atomic mass is 10.0. The molecule has 0 amide bonds. The second-order valence-electron chi connectivity index (χ2n) is 7.11. The average Bonchev–Trinajstić information content (AvgIpc) is 2.67. The summed E-state index contributed by atoms with van der Waals surface area (Å²) in [5.74, 6) is -0.294. The number of hydrogen-bond acceptors (Lipinski definition) is 4. The van der Waals surface area contributed by atoms with Gasteiger partial charge in [-0.1, -0.05) is 13.0 Å². The Balaban J connectivity index is 1.86. The molecule has 1 unspecified atom stereocenters. The van der Waals surface area contributed by atoms with Crippen molar-refractivity contribution in [1.29, 1.82) is 0 Å². The smallest absolute Gasteiger partial charge is 0.208 e. The highest BCUT2D eigenvalue weighted by Gasteiger charge is 2.27. The standard InChI is InChI=1S/C19H31F2N5O2S/c1-4-18(16-7-6-15(20)14-17(16)21)25-10-12-26(13-11-25)19(22-2)23-8-5-9-24-29(3,27)28/h6-7,14,18,24H,4-5,8-13H2,1-3H3,(H,22,23). The molecule has 1 atom stereocenters. The van der Waals surface area contributed by atoms with Crippen LogP contribution in [0.5, 0.6) is 0 Å². The summed E-state index contributed by atoms with van der Waals surface area (Å²) in [5.41, 5.74) is 0.531. The quantitative estimate of drug-likeness (QED) is 0.371. The number of rotatable bonds is 8. The van der Waals surface area contributed by atoms with Gasteiger partial charge in [-0.2, -0.15) is 0 Å². The van der Waals surface area contributed by atoms with Crippen molar-refractivity contribution in [2.45, 2.75) is 25.8 Å². The first-order valence-electron chi connectivity index (χ1n) is 9.84. The summed E-state index contributed by atoms with van der Waals surface area (Å²) in [4.78, 5) is 8.65. The van der Waals surface area contributed by atoms with E-state index in [9.17, 15) is 17.2 Å². The van der Waals surface area contributed by atoms with E-state index in [1.165, 1.54) is 12.1 Å². The number of halogens is 2. The lowest BCUT2D eigenvalue weighted by Gasteiger charge is -2.40. The molecule has 0 spiro atoms. The van der Waals surface area contributed by atoms with Crippen molar-refractivity contribution in [3.05, 3.63) is 35.4 Å². The molecule has 1 aliphatic rings. The van der Waals surface area contributed by atoms with Gasteiger partial charge in [0.2, 0.25) is 10.0 Å². The molecule has 2 rings (SSSR count). The summed E-state index contributed by atoms with van der Waals surface area (Å²) in [6.07, 6.45) is 2.52. The third kappa shape index (κ3) is 7.20.